The van der Waals surface area contributed by atoms with Crippen LogP contribution in [-0.4, -0.2) is 44.3 Å². The maximum Gasteiger partial charge on any atom is 0.338 e. The minimum Gasteiger partial charge on any atom is -0.462 e. The Morgan fingerprint density at radius 1 is 1.30 bits per heavy atom. The van der Waals surface area contributed by atoms with E-state index in [1.165, 1.54) is 28.6 Å². The van der Waals surface area contributed by atoms with E-state index in [9.17, 15) is 18.0 Å². The largest absolute Gasteiger partial charge is 0.462 e. The van der Waals surface area contributed by atoms with E-state index in [1.54, 1.807) is 6.92 Å². The average molecular weight is 340 g/mol. The third-order valence-electron chi connectivity index (χ3n) is 3.79. The fourth-order valence-corrected chi connectivity index (χ4v) is 4.04. The minimum atomic E-state index is -3.71. The second kappa shape index (κ2) is 7.10. The number of hydrogen-bond donors (Lipinski definition) is 1. The summed E-state index contributed by atoms with van der Waals surface area (Å²) in [6.07, 6.45) is 1.19. The summed E-state index contributed by atoms with van der Waals surface area (Å²) in [7, 11) is -3.71. The van der Waals surface area contributed by atoms with Crippen molar-refractivity contribution < 1.29 is 22.7 Å². The number of nitrogens with zero attached hydrogens (tertiary/aromatic N) is 1. The lowest BCUT2D eigenvalue weighted by Gasteiger charge is -2.30. The molecule has 7 nitrogen and oxygen atoms in total. The van der Waals surface area contributed by atoms with Crippen molar-refractivity contribution in [3.63, 3.8) is 0 Å². The van der Waals surface area contributed by atoms with Crippen LogP contribution in [0.5, 0.6) is 0 Å². The molecule has 0 unspecified atom stereocenters. The summed E-state index contributed by atoms with van der Waals surface area (Å²) < 4.78 is 31.4. The Bertz CT molecular complexity index is 684. The molecule has 23 heavy (non-hydrogen) atoms. The number of piperidine rings is 1. The van der Waals surface area contributed by atoms with Gasteiger partial charge < -0.3 is 10.5 Å². The van der Waals surface area contributed by atoms with Crippen molar-refractivity contribution in [2.45, 2.75) is 24.7 Å². The molecule has 1 aliphatic heterocycles. The van der Waals surface area contributed by atoms with Gasteiger partial charge in [0.2, 0.25) is 15.9 Å². The summed E-state index contributed by atoms with van der Waals surface area (Å²) in [5, 5.41) is 0. The van der Waals surface area contributed by atoms with Crippen molar-refractivity contribution in [3.05, 3.63) is 29.8 Å². The van der Waals surface area contributed by atoms with Crippen LogP contribution >= 0.6 is 0 Å². The number of primary amides is 1. The molecule has 0 bridgehead atoms. The van der Waals surface area contributed by atoms with Crippen LogP contribution in [0.2, 0.25) is 0 Å². The Morgan fingerprint density at radius 2 is 1.96 bits per heavy atom. The number of hydrogen-bond acceptors (Lipinski definition) is 5. The first-order chi connectivity index (χ1) is 10.9. The molecule has 1 fully saturated rings. The van der Waals surface area contributed by atoms with Crippen molar-refractivity contribution >= 4 is 21.9 Å². The van der Waals surface area contributed by atoms with E-state index in [4.69, 9.17) is 10.5 Å². The highest BCUT2D eigenvalue weighted by atomic mass is 32.2. The van der Waals surface area contributed by atoms with Crippen LogP contribution in [-0.2, 0) is 19.6 Å². The van der Waals surface area contributed by atoms with E-state index < -0.39 is 27.8 Å². The molecule has 1 aromatic carbocycles. The van der Waals surface area contributed by atoms with Crippen LogP contribution in [0.4, 0.5) is 0 Å². The highest BCUT2D eigenvalue weighted by Gasteiger charge is 2.32. The van der Waals surface area contributed by atoms with E-state index in [0.29, 0.717) is 24.9 Å². The standard InChI is InChI=1S/C15H20N2O5S/c1-2-22-15(19)11-5-7-13(8-6-11)23(20,21)17-9-3-4-12(10-17)14(16)18/h5-8,12H,2-4,9-10H2,1H3,(H2,16,18)/t12-/m1/s1. The number of carbonyl (C=O) groups excluding carboxylic acids is 2. The fourth-order valence-electron chi connectivity index (χ4n) is 2.52. The maximum absolute atomic E-state index is 12.6. The van der Waals surface area contributed by atoms with Gasteiger partial charge in [-0.15, -0.1) is 0 Å². The SMILES string of the molecule is CCOC(=O)c1ccc(S(=O)(=O)N2CCC[C@@H](C(N)=O)C2)cc1. The Labute approximate surface area is 135 Å². The molecule has 2 N–H and O–H groups in total. The number of rotatable bonds is 5. The normalized spacial score (nSPS) is 19.3. The molecule has 8 heteroatoms. The number of sulfonamides is 1. The van der Waals surface area contributed by atoms with Gasteiger partial charge in [-0.25, -0.2) is 13.2 Å². The van der Waals surface area contributed by atoms with Crippen LogP contribution in [0.25, 0.3) is 0 Å². The quantitative estimate of drug-likeness (QED) is 0.796. The Hall–Kier alpha value is -1.93. The predicted octanol–water partition coefficient (Wildman–Crippen LogP) is 0.749. The van der Waals surface area contributed by atoms with Gasteiger partial charge in [0, 0.05) is 13.1 Å². The molecule has 0 spiro atoms. The van der Waals surface area contributed by atoms with Crippen molar-refractivity contribution in [2.75, 3.05) is 19.7 Å². The third-order valence-corrected chi connectivity index (χ3v) is 5.67. The number of carbonyl (C=O) groups is 2. The molecule has 0 aliphatic carbocycles. The van der Waals surface area contributed by atoms with Gasteiger partial charge in [-0.05, 0) is 44.0 Å². The minimum absolute atomic E-state index is 0.0793. The van der Waals surface area contributed by atoms with Gasteiger partial charge in [0.05, 0.1) is 23.0 Å². The second-order valence-electron chi connectivity index (χ2n) is 5.35. The van der Waals surface area contributed by atoms with Gasteiger partial charge in [-0.1, -0.05) is 0 Å². The molecule has 1 aliphatic rings. The summed E-state index contributed by atoms with van der Waals surface area (Å²) in [5.74, 6) is -1.44. The van der Waals surface area contributed by atoms with Gasteiger partial charge in [-0.2, -0.15) is 4.31 Å². The molecule has 126 valence electrons. The monoisotopic (exact) mass is 340 g/mol. The van der Waals surface area contributed by atoms with Crippen LogP contribution in [0, 0.1) is 5.92 Å². The van der Waals surface area contributed by atoms with Crippen LogP contribution in [0.15, 0.2) is 29.2 Å². The lowest BCUT2D eigenvalue weighted by Crippen LogP contribution is -2.44. The van der Waals surface area contributed by atoms with E-state index in [0.717, 1.165) is 0 Å². The van der Waals surface area contributed by atoms with E-state index in [1.807, 2.05) is 0 Å². The van der Waals surface area contributed by atoms with Crippen molar-refractivity contribution in [1.29, 1.82) is 0 Å². The van der Waals surface area contributed by atoms with Crippen LogP contribution in [0.1, 0.15) is 30.1 Å². The van der Waals surface area contributed by atoms with Gasteiger partial charge in [-0.3, -0.25) is 4.79 Å². The topological polar surface area (TPSA) is 107 Å². The predicted molar refractivity (Wildman–Crippen MR) is 83.1 cm³/mol. The molecule has 1 aromatic rings. The Morgan fingerprint density at radius 3 is 2.52 bits per heavy atom. The number of ether oxygens (including phenoxy) is 1. The fraction of sp³-hybridized carbons (Fsp3) is 0.467. The molecular weight excluding hydrogens is 320 g/mol. The highest BCUT2D eigenvalue weighted by Crippen LogP contribution is 2.24. The first-order valence-corrected chi connectivity index (χ1v) is 8.87. The van der Waals surface area contributed by atoms with Crippen molar-refractivity contribution in [3.8, 4) is 0 Å². The van der Waals surface area contributed by atoms with E-state index in [2.05, 4.69) is 0 Å². The summed E-state index contributed by atoms with van der Waals surface area (Å²) in [5.41, 5.74) is 5.57. The van der Waals surface area contributed by atoms with Gasteiger partial charge in [0.15, 0.2) is 0 Å². The molecule has 1 atom stereocenters. The molecule has 2 rings (SSSR count). The zero-order chi connectivity index (χ0) is 17.0. The first kappa shape index (κ1) is 17.4. The third kappa shape index (κ3) is 3.89. The van der Waals surface area contributed by atoms with Crippen LogP contribution in [0.3, 0.4) is 0 Å². The Kier molecular flexibility index (Phi) is 5.38. The molecule has 1 heterocycles. The number of esters is 1. The highest BCUT2D eigenvalue weighted by molar-refractivity contribution is 7.89. The maximum atomic E-state index is 12.6. The first-order valence-electron chi connectivity index (χ1n) is 7.43. The van der Waals surface area contributed by atoms with Crippen molar-refractivity contribution in [1.82, 2.24) is 4.31 Å². The number of amides is 1. The zero-order valence-corrected chi connectivity index (χ0v) is 13.7. The zero-order valence-electron chi connectivity index (χ0n) is 12.9. The molecule has 0 aromatic heterocycles. The second-order valence-corrected chi connectivity index (χ2v) is 7.29. The molecule has 0 radical (unpaired) electrons. The summed E-state index contributed by atoms with van der Waals surface area (Å²) in [6, 6.07) is 5.58. The smallest absolute Gasteiger partial charge is 0.338 e. The van der Waals surface area contributed by atoms with Crippen molar-refractivity contribution in [2.24, 2.45) is 11.7 Å². The van der Waals surface area contributed by atoms with E-state index >= 15 is 0 Å². The number of benzene rings is 1. The summed E-state index contributed by atoms with van der Waals surface area (Å²) in [6.45, 7) is 2.40. The summed E-state index contributed by atoms with van der Waals surface area (Å²) in [4.78, 5) is 23.0. The Balaban J connectivity index is 2.19. The molecule has 0 saturated carbocycles. The van der Waals surface area contributed by atoms with Gasteiger partial charge in [0.25, 0.3) is 0 Å². The average Bonchev–Trinajstić information content (AvgIpc) is 2.55. The van der Waals surface area contributed by atoms with E-state index in [-0.39, 0.29) is 18.0 Å². The lowest BCUT2D eigenvalue weighted by atomic mass is 9.99. The number of nitrogens with two attached hydrogens (primary N) is 1. The molecule has 1 amide bonds. The lowest BCUT2D eigenvalue weighted by molar-refractivity contribution is -0.122. The van der Waals surface area contributed by atoms with Gasteiger partial charge >= 0.3 is 5.97 Å². The summed E-state index contributed by atoms with van der Waals surface area (Å²) >= 11 is 0. The molecule has 1 saturated heterocycles. The van der Waals surface area contributed by atoms with Crippen LogP contribution < -0.4 is 5.73 Å². The molecular formula is C15H20N2O5S. The van der Waals surface area contributed by atoms with Gasteiger partial charge in [0.1, 0.15) is 0 Å².